The summed E-state index contributed by atoms with van der Waals surface area (Å²) in [5.74, 6) is -2.38. The molecule has 0 aromatic heterocycles. The molecule has 30 heavy (non-hydrogen) atoms. The van der Waals surface area contributed by atoms with E-state index >= 15 is 0 Å². The van der Waals surface area contributed by atoms with Crippen LogP contribution in [0.5, 0.6) is 0 Å². The van der Waals surface area contributed by atoms with Crippen molar-refractivity contribution in [3.05, 3.63) is 91.0 Å². The number of methoxy groups -OCH3 is 1. The molecule has 3 aromatic carbocycles. The van der Waals surface area contributed by atoms with E-state index in [-0.39, 0.29) is 10.9 Å². The molecule has 0 saturated heterocycles. The summed E-state index contributed by atoms with van der Waals surface area (Å²) in [6.07, 6.45) is 0. The number of esters is 1. The molecule has 0 aliphatic carbocycles. The third-order valence-corrected chi connectivity index (χ3v) is 6.70. The lowest BCUT2D eigenvalue weighted by Gasteiger charge is -2.16. The van der Waals surface area contributed by atoms with Gasteiger partial charge >= 0.3 is 11.2 Å². The van der Waals surface area contributed by atoms with Gasteiger partial charge in [0.2, 0.25) is 0 Å². The monoisotopic (exact) mass is 452 g/mol. The molecule has 0 saturated carbocycles. The Morgan fingerprint density at radius 1 is 0.800 bits per heavy atom. The van der Waals surface area contributed by atoms with Gasteiger partial charge in [-0.05, 0) is 36.4 Å². The Morgan fingerprint density at radius 2 is 1.10 bits per heavy atom. The number of halogens is 2. The maximum atomic E-state index is 11.9. The molecule has 158 valence electrons. The molecule has 0 aliphatic heterocycles. The summed E-state index contributed by atoms with van der Waals surface area (Å²) in [5.41, 5.74) is 0. The molecule has 0 atom stereocenters. The largest absolute Gasteiger partial charge is 0.743 e. The van der Waals surface area contributed by atoms with E-state index in [0.717, 1.165) is 0 Å². The molecule has 0 unspecified atom stereocenters. The highest BCUT2D eigenvalue weighted by Crippen LogP contribution is 2.30. The first kappa shape index (κ1) is 23.5. The number of rotatable bonds is 5. The Bertz CT molecular complexity index is 951. The summed E-state index contributed by atoms with van der Waals surface area (Å²) in [5, 5.41) is -5.00. The summed E-state index contributed by atoms with van der Waals surface area (Å²) in [7, 11) is -5.44. The second-order valence-electron chi connectivity index (χ2n) is 5.71. The Hall–Kier alpha value is -2.75. The summed E-state index contributed by atoms with van der Waals surface area (Å²) in [6, 6.07) is 32.2. The van der Waals surface area contributed by atoms with Gasteiger partial charge < -0.3 is 9.29 Å². The van der Waals surface area contributed by atoms with Crippen LogP contribution in [-0.2, 0) is 30.5 Å². The van der Waals surface area contributed by atoms with Crippen LogP contribution in [0, 0.1) is 0 Å². The standard InChI is InChI=1S/C18H15S.C3H4F2O5S/c1-4-10-16(11-5-1)19(17-12-6-2-7-13-17)18-14-8-3-9-15-18;1-10-2(6)3(4,5)11(7,8)9/h1-15H;1H3,(H,7,8,9)/q+1;/p-1. The maximum Gasteiger partial charge on any atom is 0.428 e. The number of hydrogen-bond donors (Lipinski definition) is 0. The fourth-order valence-electron chi connectivity index (χ4n) is 2.30. The molecule has 0 spiro atoms. The summed E-state index contributed by atoms with van der Waals surface area (Å²) < 4.78 is 56.2. The van der Waals surface area contributed by atoms with Crippen molar-refractivity contribution >= 4 is 27.0 Å². The highest BCUT2D eigenvalue weighted by Gasteiger charge is 2.47. The van der Waals surface area contributed by atoms with E-state index in [4.69, 9.17) is 0 Å². The first-order chi connectivity index (χ1) is 14.2. The van der Waals surface area contributed by atoms with E-state index in [1.165, 1.54) is 14.7 Å². The van der Waals surface area contributed by atoms with Crippen LogP contribution in [0.25, 0.3) is 0 Å². The van der Waals surface area contributed by atoms with Crippen molar-refractivity contribution in [3.8, 4) is 0 Å². The van der Waals surface area contributed by atoms with Gasteiger partial charge in [0.05, 0.1) is 18.0 Å². The zero-order valence-electron chi connectivity index (χ0n) is 15.8. The highest BCUT2D eigenvalue weighted by molar-refractivity contribution is 7.97. The molecule has 0 bridgehead atoms. The van der Waals surface area contributed by atoms with Gasteiger partial charge in [0.1, 0.15) is 0 Å². The number of carbonyl (C=O) groups is 1. The van der Waals surface area contributed by atoms with Crippen LogP contribution in [0.4, 0.5) is 8.78 Å². The van der Waals surface area contributed by atoms with Crippen LogP contribution in [0.15, 0.2) is 106 Å². The Morgan fingerprint density at radius 3 is 1.30 bits per heavy atom. The van der Waals surface area contributed by atoms with Crippen molar-refractivity contribution in [2.75, 3.05) is 7.11 Å². The van der Waals surface area contributed by atoms with E-state index in [2.05, 4.69) is 95.7 Å². The topological polar surface area (TPSA) is 83.5 Å². The van der Waals surface area contributed by atoms with Gasteiger partial charge in [-0.1, -0.05) is 54.6 Å². The summed E-state index contributed by atoms with van der Waals surface area (Å²) >= 11 is 0. The average molecular weight is 453 g/mol. The van der Waals surface area contributed by atoms with Gasteiger partial charge in [0.15, 0.2) is 24.8 Å². The van der Waals surface area contributed by atoms with Crippen molar-refractivity contribution in [2.45, 2.75) is 19.9 Å². The molecular weight excluding hydrogens is 434 g/mol. The number of benzene rings is 3. The number of alkyl halides is 2. The van der Waals surface area contributed by atoms with Crippen molar-refractivity contribution in [1.82, 2.24) is 0 Å². The van der Waals surface area contributed by atoms with Crippen LogP contribution in [0.2, 0.25) is 0 Å². The average Bonchev–Trinajstić information content (AvgIpc) is 2.75. The lowest BCUT2D eigenvalue weighted by Crippen LogP contribution is -2.38. The van der Waals surface area contributed by atoms with Gasteiger partial charge in [-0.25, -0.2) is 13.2 Å². The normalized spacial score (nSPS) is 11.4. The van der Waals surface area contributed by atoms with E-state index in [9.17, 15) is 26.5 Å². The lowest BCUT2D eigenvalue weighted by molar-refractivity contribution is -0.158. The predicted octanol–water partition coefficient (Wildman–Crippen LogP) is 4.08. The van der Waals surface area contributed by atoms with Crippen LogP contribution in [0.3, 0.4) is 0 Å². The van der Waals surface area contributed by atoms with Gasteiger partial charge in [-0.15, -0.1) is 0 Å². The maximum absolute atomic E-state index is 11.9. The van der Waals surface area contributed by atoms with Crippen molar-refractivity contribution < 1.29 is 31.3 Å². The zero-order valence-corrected chi connectivity index (χ0v) is 17.4. The minimum absolute atomic E-state index is 0.0146. The highest BCUT2D eigenvalue weighted by atomic mass is 32.2. The summed E-state index contributed by atoms with van der Waals surface area (Å²) in [4.78, 5) is 14.0. The lowest BCUT2D eigenvalue weighted by atomic mass is 10.4. The van der Waals surface area contributed by atoms with Crippen LogP contribution >= 0.6 is 0 Å². The fourth-order valence-corrected chi connectivity index (χ4v) is 4.69. The molecule has 0 aliphatic rings. The molecule has 3 rings (SSSR count). The minimum atomic E-state index is -5.97. The van der Waals surface area contributed by atoms with E-state index in [0.29, 0.717) is 7.11 Å². The van der Waals surface area contributed by atoms with Crippen LogP contribution in [0.1, 0.15) is 0 Å². The molecule has 0 fully saturated rings. The predicted molar refractivity (Wildman–Crippen MR) is 108 cm³/mol. The van der Waals surface area contributed by atoms with Gasteiger partial charge in [0, 0.05) is 0 Å². The Kier molecular flexibility index (Phi) is 8.10. The first-order valence-corrected chi connectivity index (χ1v) is 11.1. The van der Waals surface area contributed by atoms with E-state index < -0.39 is 21.3 Å². The molecule has 0 radical (unpaired) electrons. The third-order valence-electron chi connectivity index (χ3n) is 3.67. The van der Waals surface area contributed by atoms with Gasteiger partial charge in [0.25, 0.3) is 0 Å². The number of ether oxygens (including phenoxy) is 1. The molecule has 5 nitrogen and oxygen atoms in total. The SMILES string of the molecule is COC(=O)C(F)(F)S(=O)(=O)[O-].c1ccc([S+](c2ccccc2)c2ccccc2)cc1. The Balaban J connectivity index is 0.000000252. The molecule has 0 heterocycles. The first-order valence-electron chi connectivity index (χ1n) is 8.49. The second kappa shape index (κ2) is 10.3. The van der Waals surface area contributed by atoms with Crippen molar-refractivity contribution in [3.63, 3.8) is 0 Å². The number of hydrogen-bond acceptors (Lipinski definition) is 5. The van der Waals surface area contributed by atoms with E-state index in [1.54, 1.807) is 0 Å². The van der Waals surface area contributed by atoms with Crippen LogP contribution in [-0.4, -0.2) is 31.3 Å². The smallest absolute Gasteiger partial charge is 0.428 e. The number of carbonyl (C=O) groups excluding carboxylic acids is 1. The van der Waals surface area contributed by atoms with Gasteiger partial charge in [-0.3, -0.25) is 0 Å². The Labute approximate surface area is 176 Å². The van der Waals surface area contributed by atoms with Gasteiger partial charge in [-0.2, -0.15) is 8.78 Å². The second-order valence-corrected chi connectivity index (χ2v) is 9.16. The van der Waals surface area contributed by atoms with Crippen molar-refractivity contribution in [2.24, 2.45) is 0 Å². The van der Waals surface area contributed by atoms with E-state index in [1.807, 2.05) is 0 Å². The zero-order chi connectivity index (χ0) is 22.2. The minimum Gasteiger partial charge on any atom is -0.743 e. The van der Waals surface area contributed by atoms with Crippen LogP contribution < -0.4 is 0 Å². The third kappa shape index (κ3) is 5.88. The molecular formula is C21H18F2O5S2. The molecule has 0 N–H and O–H groups in total. The van der Waals surface area contributed by atoms with Crippen molar-refractivity contribution in [1.29, 1.82) is 0 Å². The molecule has 9 heteroatoms. The molecule has 0 amide bonds. The molecule has 3 aromatic rings. The fraction of sp³-hybridized carbons (Fsp3) is 0.0952. The quantitative estimate of drug-likeness (QED) is 0.331. The summed E-state index contributed by atoms with van der Waals surface area (Å²) in [6.45, 7) is 0.